The maximum absolute atomic E-state index is 13.1. The molecule has 0 aromatic heterocycles. The van der Waals surface area contributed by atoms with Crippen LogP contribution in [0.1, 0.15) is 31.9 Å². The van der Waals surface area contributed by atoms with Crippen molar-refractivity contribution in [3.8, 4) is 0 Å². The molecule has 0 saturated carbocycles. The number of rotatable bonds is 3. The van der Waals surface area contributed by atoms with Gasteiger partial charge in [0.15, 0.2) is 0 Å². The molecule has 0 spiro atoms. The molecule has 1 heterocycles. The van der Waals surface area contributed by atoms with Crippen LogP contribution in [0, 0.1) is 5.82 Å². The van der Waals surface area contributed by atoms with Gasteiger partial charge >= 0.3 is 0 Å². The van der Waals surface area contributed by atoms with Crippen LogP contribution in [-0.4, -0.2) is 18.8 Å². The van der Waals surface area contributed by atoms with Crippen LogP contribution in [0.4, 0.5) is 4.39 Å². The van der Waals surface area contributed by atoms with E-state index < -0.39 is 0 Å². The summed E-state index contributed by atoms with van der Waals surface area (Å²) in [5.41, 5.74) is 1.08. The van der Waals surface area contributed by atoms with Gasteiger partial charge in [-0.2, -0.15) is 0 Å². The lowest BCUT2D eigenvalue weighted by Gasteiger charge is -2.22. The van der Waals surface area contributed by atoms with E-state index in [0.717, 1.165) is 18.6 Å². The summed E-state index contributed by atoms with van der Waals surface area (Å²) in [6.07, 6.45) is 1.29. The third kappa shape index (κ3) is 3.06. The SMILES string of the molecule is CC(NC1CCOC1C)c1ccc(F)c(Br)c1. The maximum atomic E-state index is 13.1. The summed E-state index contributed by atoms with van der Waals surface area (Å²) in [6.45, 7) is 4.99. The standard InChI is InChI=1S/C13H17BrFNO/c1-8(16-13-5-6-17-9(13)2)10-3-4-12(15)11(14)7-10/h3-4,7-9,13,16H,5-6H2,1-2H3. The van der Waals surface area contributed by atoms with Gasteiger partial charge < -0.3 is 10.1 Å². The molecular formula is C13H17BrFNO. The van der Waals surface area contributed by atoms with Crippen LogP contribution in [0.25, 0.3) is 0 Å². The fourth-order valence-electron chi connectivity index (χ4n) is 2.15. The van der Waals surface area contributed by atoms with E-state index in [1.807, 2.05) is 12.1 Å². The minimum absolute atomic E-state index is 0.195. The highest BCUT2D eigenvalue weighted by molar-refractivity contribution is 9.10. The van der Waals surface area contributed by atoms with Crippen LogP contribution >= 0.6 is 15.9 Å². The van der Waals surface area contributed by atoms with E-state index in [1.54, 1.807) is 0 Å². The molecule has 1 fully saturated rings. The lowest BCUT2D eigenvalue weighted by molar-refractivity contribution is 0.111. The number of benzene rings is 1. The van der Waals surface area contributed by atoms with Crippen LogP contribution < -0.4 is 5.32 Å². The largest absolute Gasteiger partial charge is 0.377 e. The Morgan fingerprint density at radius 1 is 1.53 bits per heavy atom. The lowest BCUT2D eigenvalue weighted by atomic mass is 10.1. The number of nitrogens with one attached hydrogen (secondary N) is 1. The van der Waals surface area contributed by atoms with Gasteiger partial charge in [0.1, 0.15) is 5.82 Å². The summed E-state index contributed by atoms with van der Waals surface area (Å²) in [6, 6.07) is 5.72. The molecule has 3 unspecified atom stereocenters. The number of halogens is 2. The van der Waals surface area contributed by atoms with E-state index in [0.29, 0.717) is 10.5 Å². The Hall–Kier alpha value is -0.450. The van der Waals surface area contributed by atoms with Crippen molar-refractivity contribution in [1.82, 2.24) is 5.32 Å². The molecule has 17 heavy (non-hydrogen) atoms. The molecule has 1 saturated heterocycles. The van der Waals surface area contributed by atoms with Crippen molar-refractivity contribution in [2.24, 2.45) is 0 Å². The Morgan fingerprint density at radius 3 is 2.88 bits per heavy atom. The normalized spacial score (nSPS) is 26.1. The molecular weight excluding hydrogens is 285 g/mol. The summed E-state index contributed by atoms with van der Waals surface area (Å²) < 4.78 is 19.2. The van der Waals surface area contributed by atoms with E-state index in [-0.39, 0.29) is 18.0 Å². The second-order valence-electron chi connectivity index (χ2n) is 4.53. The van der Waals surface area contributed by atoms with Gasteiger partial charge in [-0.15, -0.1) is 0 Å². The highest BCUT2D eigenvalue weighted by Gasteiger charge is 2.25. The first-order chi connectivity index (χ1) is 8.08. The zero-order valence-corrected chi connectivity index (χ0v) is 11.6. The molecule has 0 aliphatic carbocycles. The summed E-state index contributed by atoms with van der Waals surface area (Å²) >= 11 is 3.21. The zero-order chi connectivity index (χ0) is 12.4. The van der Waals surface area contributed by atoms with E-state index >= 15 is 0 Å². The van der Waals surface area contributed by atoms with Crippen LogP contribution in [0.5, 0.6) is 0 Å². The topological polar surface area (TPSA) is 21.3 Å². The van der Waals surface area contributed by atoms with Gasteiger partial charge in [0.2, 0.25) is 0 Å². The van der Waals surface area contributed by atoms with E-state index in [4.69, 9.17) is 4.74 Å². The van der Waals surface area contributed by atoms with Crippen molar-refractivity contribution < 1.29 is 9.13 Å². The van der Waals surface area contributed by atoms with Crippen molar-refractivity contribution in [3.63, 3.8) is 0 Å². The van der Waals surface area contributed by atoms with Gasteiger partial charge in [0, 0.05) is 18.7 Å². The van der Waals surface area contributed by atoms with Crippen LogP contribution in [-0.2, 0) is 4.74 Å². The van der Waals surface area contributed by atoms with E-state index in [9.17, 15) is 4.39 Å². The summed E-state index contributed by atoms with van der Waals surface area (Å²) in [5.74, 6) is -0.224. The first-order valence-corrected chi connectivity index (χ1v) is 6.70. The van der Waals surface area contributed by atoms with Gasteiger partial charge in [-0.3, -0.25) is 0 Å². The molecule has 94 valence electrons. The molecule has 1 aliphatic rings. The summed E-state index contributed by atoms with van der Waals surface area (Å²) in [5, 5.41) is 3.52. The van der Waals surface area contributed by atoms with Gasteiger partial charge in [-0.1, -0.05) is 6.07 Å². The van der Waals surface area contributed by atoms with Gasteiger partial charge in [0.05, 0.1) is 10.6 Å². The third-order valence-electron chi connectivity index (χ3n) is 3.28. The fourth-order valence-corrected chi connectivity index (χ4v) is 2.55. The highest BCUT2D eigenvalue weighted by atomic mass is 79.9. The van der Waals surface area contributed by atoms with Crippen LogP contribution in [0.15, 0.2) is 22.7 Å². The number of ether oxygens (including phenoxy) is 1. The Bertz CT molecular complexity index is 399. The van der Waals surface area contributed by atoms with Crippen molar-refractivity contribution in [2.75, 3.05) is 6.61 Å². The predicted octanol–water partition coefficient (Wildman–Crippen LogP) is 3.42. The first kappa shape index (κ1) is 13.0. The van der Waals surface area contributed by atoms with Crippen molar-refractivity contribution >= 4 is 15.9 Å². The Labute approximate surface area is 110 Å². The smallest absolute Gasteiger partial charge is 0.137 e. The fraction of sp³-hybridized carbons (Fsp3) is 0.538. The zero-order valence-electron chi connectivity index (χ0n) is 10.0. The maximum Gasteiger partial charge on any atom is 0.137 e. The average molecular weight is 302 g/mol. The quantitative estimate of drug-likeness (QED) is 0.924. The number of hydrogen-bond acceptors (Lipinski definition) is 2. The van der Waals surface area contributed by atoms with Crippen LogP contribution in [0.2, 0.25) is 0 Å². The molecule has 2 rings (SSSR count). The van der Waals surface area contributed by atoms with Crippen molar-refractivity contribution in [3.05, 3.63) is 34.1 Å². The first-order valence-electron chi connectivity index (χ1n) is 5.90. The summed E-state index contributed by atoms with van der Waals surface area (Å²) in [4.78, 5) is 0. The second kappa shape index (κ2) is 5.46. The predicted molar refractivity (Wildman–Crippen MR) is 69.5 cm³/mol. The molecule has 1 aromatic carbocycles. The lowest BCUT2D eigenvalue weighted by Crippen LogP contribution is -2.36. The van der Waals surface area contributed by atoms with E-state index in [2.05, 4.69) is 35.1 Å². The second-order valence-corrected chi connectivity index (χ2v) is 5.39. The molecule has 0 bridgehead atoms. The molecule has 2 nitrogen and oxygen atoms in total. The molecule has 0 radical (unpaired) electrons. The Kier molecular flexibility index (Phi) is 4.17. The van der Waals surface area contributed by atoms with Crippen molar-refractivity contribution in [2.45, 2.75) is 38.5 Å². The molecule has 1 aliphatic heterocycles. The molecule has 3 atom stereocenters. The molecule has 4 heteroatoms. The number of hydrogen-bond donors (Lipinski definition) is 1. The van der Waals surface area contributed by atoms with Gasteiger partial charge in [-0.25, -0.2) is 4.39 Å². The molecule has 1 N–H and O–H groups in total. The minimum atomic E-state index is -0.224. The molecule has 1 aromatic rings. The van der Waals surface area contributed by atoms with Crippen LogP contribution in [0.3, 0.4) is 0 Å². The molecule has 0 amide bonds. The minimum Gasteiger partial charge on any atom is -0.377 e. The Balaban J connectivity index is 2.03. The highest BCUT2D eigenvalue weighted by Crippen LogP contribution is 2.23. The van der Waals surface area contributed by atoms with Gasteiger partial charge in [-0.05, 0) is 53.9 Å². The third-order valence-corrected chi connectivity index (χ3v) is 3.89. The van der Waals surface area contributed by atoms with Gasteiger partial charge in [0.25, 0.3) is 0 Å². The van der Waals surface area contributed by atoms with Crippen molar-refractivity contribution in [1.29, 1.82) is 0 Å². The van der Waals surface area contributed by atoms with E-state index in [1.165, 1.54) is 6.07 Å². The monoisotopic (exact) mass is 301 g/mol. The average Bonchev–Trinajstić information content (AvgIpc) is 2.68. The summed E-state index contributed by atoms with van der Waals surface area (Å²) in [7, 11) is 0. The Morgan fingerprint density at radius 2 is 2.29 bits per heavy atom.